The molecule has 0 aliphatic heterocycles. The first-order valence-electron chi connectivity index (χ1n) is 7.61. The van der Waals surface area contributed by atoms with Gasteiger partial charge in [0, 0.05) is 0 Å². The van der Waals surface area contributed by atoms with Gasteiger partial charge in [-0.15, -0.1) is 0 Å². The molecule has 1 atom stereocenters. The number of carboxylic acids is 1. The van der Waals surface area contributed by atoms with Crippen LogP contribution in [0.3, 0.4) is 0 Å². The van der Waals surface area contributed by atoms with E-state index in [0.29, 0.717) is 6.42 Å². The first kappa shape index (κ1) is 24.0. The fraction of sp³-hybridized carbons (Fsp3) is 0.867. The Morgan fingerprint density at radius 2 is 1.23 bits per heavy atom. The third kappa shape index (κ3) is 14.7. The van der Waals surface area contributed by atoms with Crippen LogP contribution in [0, 0.1) is 5.92 Å². The molecule has 1 N–H and O–H groups in total. The molecule has 0 aliphatic carbocycles. The van der Waals surface area contributed by atoms with Gasteiger partial charge in [-0.25, -0.2) is 0 Å². The van der Waals surface area contributed by atoms with Crippen molar-refractivity contribution in [2.75, 3.05) is 0 Å². The van der Waals surface area contributed by atoms with Gasteiger partial charge in [-0.1, -0.05) is 6.92 Å². The second-order valence-corrected chi connectivity index (χ2v) is 7.54. The average molecular weight is 355 g/mol. The summed E-state index contributed by atoms with van der Waals surface area (Å²) >= 11 is -2.18. The fourth-order valence-electron chi connectivity index (χ4n) is 1.30. The number of hydrogen-bond acceptors (Lipinski definition) is 5. The zero-order chi connectivity index (χ0) is 17.9. The van der Waals surface area contributed by atoms with Crippen LogP contribution in [0.2, 0.25) is 0 Å². The summed E-state index contributed by atoms with van der Waals surface area (Å²) in [6, 6.07) is 0. The summed E-state index contributed by atoms with van der Waals surface area (Å²) in [5, 5.41) is 8.32. The van der Waals surface area contributed by atoms with Gasteiger partial charge >= 0.3 is 94.8 Å². The molecule has 1 unspecified atom stereocenters. The Morgan fingerprint density at radius 1 is 0.909 bits per heavy atom. The molecule has 0 aromatic rings. The predicted octanol–water partition coefficient (Wildman–Crippen LogP) is 3.31. The molecule has 0 radical (unpaired) electrons. The fourth-order valence-corrected chi connectivity index (χ4v) is 3.36. The molecule has 6 nitrogen and oxygen atoms in total. The molecule has 0 saturated heterocycles. The van der Waals surface area contributed by atoms with Crippen molar-refractivity contribution in [1.82, 2.24) is 0 Å². The van der Waals surface area contributed by atoms with Crippen molar-refractivity contribution in [1.29, 1.82) is 0 Å². The SMILES string of the molecule is CC(C)[O][Ti]([O]C(C)C)[O]C(C)C.CCC(C(C)=O)C(=O)O. The van der Waals surface area contributed by atoms with E-state index in [-0.39, 0.29) is 24.1 Å². The summed E-state index contributed by atoms with van der Waals surface area (Å²) in [4.78, 5) is 20.6. The first-order chi connectivity index (χ1) is 10.0. The summed E-state index contributed by atoms with van der Waals surface area (Å²) in [5.74, 6) is -2.10. The van der Waals surface area contributed by atoms with E-state index in [1.54, 1.807) is 6.92 Å². The molecule has 0 rings (SSSR count). The summed E-state index contributed by atoms with van der Waals surface area (Å²) in [7, 11) is 0. The van der Waals surface area contributed by atoms with Gasteiger partial charge in [0.25, 0.3) is 0 Å². The van der Waals surface area contributed by atoms with Gasteiger partial charge in [0.05, 0.1) is 0 Å². The smallest absolute Gasteiger partial charge is 0.314 e. The van der Waals surface area contributed by atoms with E-state index in [2.05, 4.69) is 0 Å². The molecule has 0 heterocycles. The molecule has 0 saturated carbocycles. The van der Waals surface area contributed by atoms with Gasteiger partial charge in [0.15, 0.2) is 0 Å². The Balaban J connectivity index is 0. The zero-order valence-electron chi connectivity index (χ0n) is 15.0. The number of carbonyl (C=O) groups is 2. The van der Waals surface area contributed by atoms with Gasteiger partial charge in [-0.2, -0.15) is 0 Å². The number of rotatable bonds is 9. The van der Waals surface area contributed by atoms with Crippen LogP contribution in [-0.4, -0.2) is 35.2 Å². The summed E-state index contributed by atoms with van der Waals surface area (Å²) < 4.78 is 16.8. The zero-order valence-corrected chi connectivity index (χ0v) is 16.6. The molecule has 7 heteroatoms. The third-order valence-electron chi connectivity index (χ3n) is 2.19. The number of carbonyl (C=O) groups excluding carboxylic acids is 1. The van der Waals surface area contributed by atoms with Gasteiger partial charge < -0.3 is 5.11 Å². The Kier molecular flexibility index (Phi) is 14.4. The van der Waals surface area contributed by atoms with E-state index in [1.165, 1.54) is 6.92 Å². The van der Waals surface area contributed by atoms with E-state index in [9.17, 15) is 9.59 Å². The minimum atomic E-state index is -2.18. The molecule has 0 spiro atoms. The Morgan fingerprint density at radius 3 is 1.32 bits per heavy atom. The van der Waals surface area contributed by atoms with Crippen molar-refractivity contribution in [3.8, 4) is 0 Å². The van der Waals surface area contributed by atoms with Gasteiger partial charge in [0.2, 0.25) is 0 Å². The predicted molar refractivity (Wildman–Crippen MR) is 80.8 cm³/mol. The maximum atomic E-state index is 10.4. The van der Waals surface area contributed by atoms with Crippen molar-refractivity contribution in [2.45, 2.75) is 80.1 Å². The standard InChI is InChI=1S/C6H10O3.3C3H7O.Ti/c1-3-5(4(2)7)6(8)9;3*1-3(2)4;/h5H,3H2,1-2H3,(H,8,9);3*3H,1-2H3;/q;3*-1;+3. The number of Topliss-reactive ketones (excluding diaryl/α,β-unsaturated/α-hetero) is 1. The van der Waals surface area contributed by atoms with Crippen LogP contribution in [0.5, 0.6) is 0 Å². The molecule has 22 heavy (non-hydrogen) atoms. The molecule has 0 aromatic carbocycles. The Bertz CT molecular complexity index is 279. The second kappa shape index (κ2) is 13.2. The van der Waals surface area contributed by atoms with Crippen LogP contribution in [0.4, 0.5) is 0 Å². The quantitative estimate of drug-likeness (QED) is 0.505. The van der Waals surface area contributed by atoms with Gasteiger partial charge in [-0.05, 0) is 13.3 Å². The van der Waals surface area contributed by atoms with Gasteiger partial charge in [-0.3, -0.25) is 9.59 Å². The van der Waals surface area contributed by atoms with Crippen molar-refractivity contribution in [3.05, 3.63) is 0 Å². The van der Waals surface area contributed by atoms with Crippen LogP contribution >= 0.6 is 0 Å². The summed E-state index contributed by atoms with van der Waals surface area (Å²) in [6.45, 7) is 15.0. The monoisotopic (exact) mass is 355 g/mol. The molecule has 0 aromatic heterocycles. The summed E-state index contributed by atoms with van der Waals surface area (Å²) in [5.41, 5.74) is 0. The number of carboxylic acid groups (broad SMARTS) is 1. The molecule has 0 fully saturated rings. The topological polar surface area (TPSA) is 82.1 Å². The largest absolute Gasteiger partial charge is 0.481 e. The van der Waals surface area contributed by atoms with Crippen LogP contribution in [-0.2, 0) is 38.6 Å². The molecule has 0 bridgehead atoms. The van der Waals surface area contributed by atoms with E-state index >= 15 is 0 Å². The number of ketones is 1. The van der Waals surface area contributed by atoms with E-state index in [4.69, 9.17) is 15.1 Å². The van der Waals surface area contributed by atoms with Crippen LogP contribution < -0.4 is 0 Å². The first-order valence-corrected chi connectivity index (χ1v) is 9.52. The minimum Gasteiger partial charge on any atom is -0.481 e. The van der Waals surface area contributed by atoms with E-state index in [0.717, 1.165) is 0 Å². The Labute approximate surface area is 141 Å². The average Bonchev–Trinajstić information content (AvgIpc) is 2.25. The molecular weight excluding hydrogens is 324 g/mol. The second-order valence-electron chi connectivity index (χ2n) is 5.66. The van der Waals surface area contributed by atoms with Crippen molar-refractivity contribution < 1.29 is 43.7 Å². The number of hydrogen-bond donors (Lipinski definition) is 1. The van der Waals surface area contributed by atoms with Crippen molar-refractivity contribution in [3.63, 3.8) is 0 Å². The number of aliphatic carboxylic acids is 1. The van der Waals surface area contributed by atoms with Gasteiger partial charge in [0.1, 0.15) is 11.7 Å². The van der Waals surface area contributed by atoms with E-state index < -0.39 is 30.9 Å². The maximum absolute atomic E-state index is 10.4. The molecule has 0 aliphatic rings. The molecule has 131 valence electrons. The third-order valence-corrected chi connectivity index (χ3v) is 5.30. The van der Waals surface area contributed by atoms with E-state index in [1.807, 2.05) is 41.5 Å². The minimum absolute atomic E-state index is 0.187. The maximum Gasteiger partial charge on any atom is 0.314 e. The van der Waals surface area contributed by atoms with Crippen molar-refractivity contribution >= 4 is 11.8 Å². The Hall–Kier alpha value is -0.266. The van der Waals surface area contributed by atoms with Crippen LogP contribution in [0.15, 0.2) is 0 Å². The van der Waals surface area contributed by atoms with Crippen LogP contribution in [0.25, 0.3) is 0 Å². The molecule has 0 amide bonds. The molecular formula is C15H31O6Ti. The summed E-state index contributed by atoms with van der Waals surface area (Å²) in [6.07, 6.45) is 0.942. The van der Waals surface area contributed by atoms with Crippen molar-refractivity contribution in [2.24, 2.45) is 5.92 Å². The van der Waals surface area contributed by atoms with Crippen LogP contribution in [0.1, 0.15) is 61.8 Å². The normalized spacial score (nSPS) is 12.1.